The highest BCUT2D eigenvalue weighted by Crippen LogP contribution is 2.16. The molecule has 1 unspecified atom stereocenters. The molecule has 0 fully saturated rings. The number of hydrogen-bond acceptors (Lipinski definition) is 6. The summed E-state index contributed by atoms with van der Waals surface area (Å²) in [5.74, 6) is -0.932. The van der Waals surface area contributed by atoms with Gasteiger partial charge in [-0.2, -0.15) is 0 Å². The first-order valence-electron chi connectivity index (χ1n) is 32.2. The van der Waals surface area contributed by atoms with Crippen molar-refractivity contribution in [2.45, 2.75) is 290 Å². The van der Waals surface area contributed by atoms with Crippen molar-refractivity contribution in [1.29, 1.82) is 0 Å². The number of unbranched alkanes of at least 4 members (excludes halogenated alkanes) is 24. The third-order valence-electron chi connectivity index (χ3n) is 13.4. The maximum Gasteiger partial charge on any atom is 0.306 e. The Hall–Kier alpha value is -4.45. The van der Waals surface area contributed by atoms with Gasteiger partial charge in [-0.25, -0.2) is 0 Å². The van der Waals surface area contributed by atoms with Gasteiger partial charge in [0.1, 0.15) is 13.2 Å². The van der Waals surface area contributed by atoms with E-state index in [9.17, 15) is 14.4 Å². The summed E-state index contributed by atoms with van der Waals surface area (Å²) < 4.78 is 16.8. The second kappa shape index (κ2) is 65.1. The lowest BCUT2D eigenvalue weighted by Crippen LogP contribution is -2.30. The molecule has 442 valence electrons. The van der Waals surface area contributed by atoms with Gasteiger partial charge in [0, 0.05) is 19.3 Å². The number of allylic oxidation sites excluding steroid dienone is 22. The molecule has 0 aromatic rings. The Morgan fingerprint density at radius 1 is 0.269 bits per heavy atom. The van der Waals surface area contributed by atoms with Gasteiger partial charge in [-0.3, -0.25) is 14.4 Å². The van der Waals surface area contributed by atoms with E-state index in [4.69, 9.17) is 14.2 Å². The van der Waals surface area contributed by atoms with Crippen molar-refractivity contribution >= 4 is 17.9 Å². The van der Waals surface area contributed by atoms with Crippen LogP contribution in [0.5, 0.6) is 0 Å². The minimum absolute atomic E-state index is 0.0920. The monoisotopic (exact) mass is 1080 g/mol. The van der Waals surface area contributed by atoms with Crippen LogP contribution in [0.3, 0.4) is 0 Å². The van der Waals surface area contributed by atoms with E-state index < -0.39 is 6.10 Å². The lowest BCUT2D eigenvalue weighted by Gasteiger charge is -2.18. The van der Waals surface area contributed by atoms with E-state index >= 15 is 0 Å². The summed E-state index contributed by atoms with van der Waals surface area (Å²) >= 11 is 0. The van der Waals surface area contributed by atoms with Crippen LogP contribution < -0.4 is 0 Å². The smallest absolute Gasteiger partial charge is 0.306 e. The Bertz CT molecular complexity index is 1670. The lowest BCUT2D eigenvalue weighted by molar-refractivity contribution is -0.167. The number of ether oxygens (including phenoxy) is 3. The fraction of sp³-hybridized carbons (Fsp3) is 0.653. The van der Waals surface area contributed by atoms with Gasteiger partial charge in [-0.05, 0) is 116 Å². The molecule has 0 N–H and O–H groups in total. The molecule has 0 aliphatic heterocycles. The van der Waals surface area contributed by atoms with Crippen molar-refractivity contribution in [2.75, 3.05) is 13.2 Å². The standard InChI is InChI=1S/C72H118O6/c1-4-7-10-13-16-18-20-22-24-26-28-29-30-31-32-33-34-35-36-37-38-39-40-41-42-43-45-46-48-50-52-54-56-59-62-65-71(74)77-68-69(67-76-70(73)64-61-58-15-12-9-6-3)78-72(75)66-63-60-57-55-53-51-49-47-44-27-25-23-21-19-17-14-11-8-5-2/h7-8,10-11,16-19,22-25,28-29,31-32,34-35,44,47,51,53,69H,4-6,9,12-15,20-21,26-27,30,33,36-43,45-46,48-50,52,54-68H2,1-3H3/b10-7-,11-8-,18-16-,19-17-,24-22-,25-23-,29-28-,32-31-,35-34-,47-44-,53-51-. The zero-order valence-electron chi connectivity index (χ0n) is 50.6. The van der Waals surface area contributed by atoms with Gasteiger partial charge >= 0.3 is 17.9 Å². The molecule has 0 spiro atoms. The van der Waals surface area contributed by atoms with Crippen LogP contribution in [0.4, 0.5) is 0 Å². The van der Waals surface area contributed by atoms with Gasteiger partial charge in [0.05, 0.1) is 0 Å². The number of carbonyl (C=O) groups is 3. The molecule has 6 heteroatoms. The maximum atomic E-state index is 12.8. The Labute approximate surface area is 481 Å². The molecule has 0 saturated carbocycles. The van der Waals surface area contributed by atoms with Gasteiger partial charge in [0.2, 0.25) is 0 Å². The van der Waals surface area contributed by atoms with E-state index in [0.717, 1.165) is 135 Å². The number of rotatable bonds is 57. The molecule has 0 aliphatic carbocycles. The fourth-order valence-corrected chi connectivity index (χ4v) is 8.65. The van der Waals surface area contributed by atoms with Crippen LogP contribution in [0.1, 0.15) is 284 Å². The van der Waals surface area contributed by atoms with Gasteiger partial charge < -0.3 is 14.2 Å². The van der Waals surface area contributed by atoms with E-state index in [1.807, 2.05) is 0 Å². The second-order valence-corrected chi connectivity index (χ2v) is 20.9. The molecule has 0 aromatic heterocycles. The van der Waals surface area contributed by atoms with Crippen molar-refractivity contribution in [3.8, 4) is 0 Å². The quantitative estimate of drug-likeness (QED) is 0.0261. The number of hydrogen-bond donors (Lipinski definition) is 0. The molecule has 6 nitrogen and oxygen atoms in total. The Balaban J connectivity index is 4.05. The van der Waals surface area contributed by atoms with Crippen LogP contribution in [-0.4, -0.2) is 37.2 Å². The zero-order chi connectivity index (χ0) is 56.4. The van der Waals surface area contributed by atoms with E-state index in [1.54, 1.807) is 0 Å². The molecule has 0 aromatic carbocycles. The lowest BCUT2D eigenvalue weighted by atomic mass is 10.0. The average molecular weight is 1080 g/mol. The van der Waals surface area contributed by atoms with Crippen molar-refractivity contribution in [3.05, 3.63) is 134 Å². The minimum Gasteiger partial charge on any atom is -0.462 e. The summed E-state index contributed by atoms with van der Waals surface area (Å²) in [6, 6.07) is 0. The predicted molar refractivity (Wildman–Crippen MR) is 339 cm³/mol. The van der Waals surface area contributed by atoms with Gasteiger partial charge in [-0.1, -0.05) is 283 Å². The molecule has 0 bridgehead atoms. The van der Waals surface area contributed by atoms with Gasteiger partial charge in [0.25, 0.3) is 0 Å². The Kier molecular flexibility index (Phi) is 61.4. The topological polar surface area (TPSA) is 78.9 Å². The maximum absolute atomic E-state index is 12.8. The second-order valence-electron chi connectivity index (χ2n) is 20.9. The summed E-state index contributed by atoms with van der Waals surface area (Å²) in [5.41, 5.74) is 0. The van der Waals surface area contributed by atoms with Crippen molar-refractivity contribution in [1.82, 2.24) is 0 Å². The molecule has 1 atom stereocenters. The average Bonchev–Trinajstić information content (AvgIpc) is 3.44. The van der Waals surface area contributed by atoms with E-state index in [-0.39, 0.29) is 37.5 Å². The molecule has 0 rings (SSSR count). The normalized spacial score (nSPS) is 13.0. The highest BCUT2D eigenvalue weighted by atomic mass is 16.6. The number of esters is 3. The van der Waals surface area contributed by atoms with Crippen molar-refractivity contribution < 1.29 is 28.6 Å². The summed E-state index contributed by atoms with van der Waals surface area (Å²) in [5, 5.41) is 0. The first-order chi connectivity index (χ1) is 38.5. The molecular formula is C72H118O6. The molecule has 78 heavy (non-hydrogen) atoms. The van der Waals surface area contributed by atoms with Crippen molar-refractivity contribution in [2.24, 2.45) is 0 Å². The highest BCUT2D eigenvalue weighted by molar-refractivity contribution is 5.71. The first-order valence-corrected chi connectivity index (χ1v) is 32.2. The van der Waals surface area contributed by atoms with Gasteiger partial charge in [0.15, 0.2) is 6.10 Å². The summed E-state index contributed by atoms with van der Waals surface area (Å²) in [6.45, 7) is 6.33. The van der Waals surface area contributed by atoms with Crippen LogP contribution in [0.25, 0.3) is 0 Å². The fourth-order valence-electron chi connectivity index (χ4n) is 8.65. The largest absolute Gasteiger partial charge is 0.462 e. The Morgan fingerprint density at radius 3 is 0.795 bits per heavy atom. The molecule has 0 saturated heterocycles. The first kappa shape index (κ1) is 73.5. The van der Waals surface area contributed by atoms with Crippen molar-refractivity contribution in [3.63, 3.8) is 0 Å². The number of carbonyl (C=O) groups excluding carboxylic acids is 3. The molecule has 0 amide bonds. The van der Waals surface area contributed by atoms with E-state index in [2.05, 4.69) is 154 Å². The SMILES string of the molecule is CC/C=C\C/C=C\C/C=C\C/C=C\C/C=C\C/C=C\CCCCCCCCCCCCCCCCCCC(=O)OCC(COC(=O)CCCCCCCC)OC(=O)CCCCC/C=C\C/C=C\C/C=C\C/C=C\C/C=C\CC. The third-order valence-corrected chi connectivity index (χ3v) is 13.4. The van der Waals surface area contributed by atoms with E-state index in [1.165, 1.54) is 109 Å². The Morgan fingerprint density at radius 2 is 0.500 bits per heavy atom. The van der Waals surface area contributed by atoms with Crippen LogP contribution in [0.2, 0.25) is 0 Å². The highest BCUT2D eigenvalue weighted by Gasteiger charge is 2.19. The van der Waals surface area contributed by atoms with Crippen LogP contribution in [0.15, 0.2) is 134 Å². The zero-order valence-corrected chi connectivity index (χ0v) is 50.6. The van der Waals surface area contributed by atoms with Gasteiger partial charge in [-0.15, -0.1) is 0 Å². The van der Waals surface area contributed by atoms with E-state index in [0.29, 0.717) is 12.8 Å². The van der Waals surface area contributed by atoms with Crippen LogP contribution in [0, 0.1) is 0 Å². The summed E-state index contributed by atoms with van der Waals surface area (Å²) in [7, 11) is 0. The molecule has 0 aliphatic rings. The van der Waals surface area contributed by atoms with Crippen LogP contribution >= 0.6 is 0 Å². The molecule has 0 radical (unpaired) electrons. The molecular weight excluding hydrogens is 961 g/mol. The summed E-state index contributed by atoms with van der Waals surface area (Å²) in [4.78, 5) is 38.0. The van der Waals surface area contributed by atoms with Crippen LogP contribution in [-0.2, 0) is 28.6 Å². The minimum atomic E-state index is -0.795. The molecule has 0 heterocycles. The predicted octanol–water partition coefficient (Wildman–Crippen LogP) is 22.2. The third kappa shape index (κ3) is 62.4. The summed E-state index contributed by atoms with van der Waals surface area (Å²) in [6.07, 6.45) is 92.2.